The van der Waals surface area contributed by atoms with Gasteiger partial charge in [-0.05, 0) is 42.7 Å². The van der Waals surface area contributed by atoms with E-state index in [9.17, 15) is 4.79 Å². The van der Waals surface area contributed by atoms with E-state index in [1.807, 2.05) is 55.1 Å². The van der Waals surface area contributed by atoms with Crippen LogP contribution in [0.1, 0.15) is 22.1 Å². The molecule has 2 aromatic rings. The summed E-state index contributed by atoms with van der Waals surface area (Å²) < 4.78 is 11.3. The molecule has 0 unspecified atom stereocenters. The first-order valence-electron chi connectivity index (χ1n) is 8.78. The summed E-state index contributed by atoms with van der Waals surface area (Å²) in [5, 5.41) is 3.08. The summed E-state index contributed by atoms with van der Waals surface area (Å²) in [5.41, 5.74) is 4.10. The highest BCUT2D eigenvalue weighted by Gasteiger charge is 2.32. The smallest absolute Gasteiger partial charge is 0.323 e. The number of amides is 2. The van der Waals surface area contributed by atoms with Crippen LogP contribution in [0, 0.1) is 13.8 Å². The third kappa shape index (κ3) is 3.21. The number of fused-ring (bicyclic) bond motifs is 1. The van der Waals surface area contributed by atoms with Crippen molar-refractivity contribution in [1.82, 2.24) is 4.90 Å². The van der Waals surface area contributed by atoms with E-state index in [1.165, 1.54) is 0 Å². The monoisotopic (exact) mass is 370 g/mol. The van der Waals surface area contributed by atoms with Crippen molar-refractivity contribution in [3.05, 3.63) is 53.1 Å². The predicted octanol–water partition coefficient (Wildman–Crippen LogP) is 4.35. The van der Waals surface area contributed by atoms with Crippen LogP contribution in [0.4, 0.5) is 10.5 Å². The van der Waals surface area contributed by atoms with Gasteiger partial charge in [-0.1, -0.05) is 24.3 Å². The number of nitrogens with one attached hydrogen (secondary N) is 1. The fourth-order valence-corrected chi connectivity index (χ4v) is 4.60. The second-order valence-corrected chi connectivity index (χ2v) is 7.70. The summed E-state index contributed by atoms with van der Waals surface area (Å²) in [6.45, 7) is 5.89. The maximum atomic E-state index is 12.9. The van der Waals surface area contributed by atoms with Gasteiger partial charge in [-0.2, -0.15) is 0 Å². The Morgan fingerprint density at radius 3 is 2.62 bits per heavy atom. The Kier molecular flexibility index (Phi) is 4.68. The van der Waals surface area contributed by atoms with Gasteiger partial charge in [-0.25, -0.2) is 4.79 Å². The number of urea groups is 1. The van der Waals surface area contributed by atoms with Crippen molar-refractivity contribution in [2.45, 2.75) is 19.2 Å². The number of hydrogen-bond acceptors (Lipinski definition) is 4. The average molecular weight is 370 g/mol. The number of rotatable bonds is 2. The number of hydrogen-bond donors (Lipinski definition) is 1. The van der Waals surface area contributed by atoms with Gasteiger partial charge >= 0.3 is 6.03 Å². The molecule has 26 heavy (non-hydrogen) atoms. The van der Waals surface area contributed by atoms with Crippen molar-refractivity contribution >= 4 is 23.5 Å². The molecule has 1 saturated heterocycles. The third-order valence-electron chi connectivity index (χ3n) is 4.72. The average Bonchev–Trinajstić information content (AvgIpc) is 3.14. The molecule has 0 bridgehead atoms. The van der Waals surface area contributed by atoms with Crippen molar-refractivity contribution < 1.29 is 14.3 Å². The zero-order valence-corrected chi connectivity index (χ0v) is 15.8. The standard InChI is InChI=1S/C20H22N2O3S/c1-13-4-3-5-14(2)18(13)21-20(23)22-8-11-26-19(22)15-6-7-16-17(12-15)25-10-9-24-16/h3-7,12,19H,8-11H2,1-2H3,(H,21,23)/t19-/m1/s1. The molecule has 2 aromatic carbocycles. The molecule has 4 rings (SSSR count). The minimum atomic E-state index is -0.0627. The van der Waals surface area contributed by atoms with Crippen molar-refractivity contribution in [2.24, 2.45) is 0 Å². The Hall–Kier alpha value is -2.34. The van der Waals surface area contributed by atoms with Gasteiger partial charge < -0.3 is 19.7 Å². The highest BCUT2D eigenvalue weighted by atomic mass is 32.2. The van der Waals surface area contributed by atoms with Crippen LogP contribution in [0.2, 0.25) is 0 Å². The van der Waals surface area contributed by atoms with Gasteiger partial charge in [-0.15, -0.1) is 11.8 Å². The molecule has 5 nitrogen and oxygen atoms in total. The molecule has 1 N–H and O–H groups in total. The molecule has 2 amide bonds. The first kappa shape index (κ1) is 17.1. The van der Waals surface area contributed by atoms with Crippen molar-refractivity contribution in [3.8, 4) is 11.5 Å². The van der Waals surface area contributed by atoms with Crippen LogP contribution in [0.5, 0.6) is 11.5 Å². The lowest BCUT2D eigenvalue weighted by atomic mass is 10.1. The molecule has 1 atom stereocenters. The molecule has 136 valence electrons. The van der Waals surface area contributed by atoms with E-state index >= 15 is 0 Å². The van der Waals surface area contributed by atoms with E-state index < -0.39 is 0 Å². The van der Waals surface area contributed by atoms with Gasteiger partial charge in [0.15, 0.2) is 11.5 Å². The molecule has 0 radical (unpaired) electrons. The number of carbonyl (C=O) groups is 1. The second-order valence-electron chi connectivity index (χ2n) is 6.52. The van der Waals surface area contributed by atoms with Gasteiger partial charge in [0, 0.05) is 18.0 Å². The van der Waals surface area contributed by atoms with Crippen LogP contribution in [0.15, 0.2) is 36.4 Å². The van der Waals surface area contributed by atoms with Gasteiger partial charge in [-0.3, -0.25) is 0 Å². The van der Waals surface area contributed by atoms with Gasteiger partial charge in [0.1, 0.15) is 18.6 Å². The van der Waals surface area contributed by atoms with Crippen LogP contribution in [-0.4, -0.2) is 36.4 Å². The molecular weight excluding hydrogens is 348 g/mol. The summed E-state index contributed by atoms with van der Waals surface area (Å²) in [5.74, 6) is 2.45. The topological polar surface area (TPSA) is 50.8 Å². The largest absolute Gasteiger partial charge is 0.486 e. The minimum Gasteiger partial charge on any atom is -0.486 e. The number of carbonyl (C=O) groups excluding carboxylic acids is 1. The molecular formula is C20H22N2O3S. The molecule has 0 spiro atoms. The Bertz CT molecular complexity index is 820. The lowest BCUT2D eigenvalue weighted by Crippen LogP contribution is -2.34. The first-order valence-corrected chi connectivity index (χ1v) is 9.83. The normalized spacial score (nSPS) is 18.7. The summed E-state index contributed by atoms with van der Waals surface area (Å²) in [4.78, 5) is 14.8. The zero-order chi connectivity index (χ0) is 18.1. The van der Waals surface area contributed by atoms with E-state index in [4.69, 9.17) is 9.47 Å². The van der Waals surface area contributed by atoms with Crippen LogP contribution >= 0.6 is 11.8 Å². The van der Waals surface area contributed by atoms with E-state index in [0.717, 1.165) is 46.2 Å². The Balaban J connectivity index is 1.56. The van der Waals surface area contributed by atoms with Crippen LogP contribution in [0.25, 0.3) is 0 Å². The van der Waals surface area contributed by atoms with E-state index in [2.05, 4.69) is 5.32 Å². The number of aryl methyl sites for hydroxylation is 2. The van der Waals surface area contributed by atoms with Crippen LogP contribution < -0.4 is 14.8 Å². The first-order chi connectivity index (χ1) is 12.6. The lowest BCUT2D eigenvalue weighted by Gasteiger charge is -2.26. The molecule has 0 aliphatic carbocycles. The quantitative estimate of drug-likeness (QED) is 0.854. The highest BCUT2D eigenvalue weighted by molar-refractivity contribution is 7.99. The van der Waals surface area contributed by atoms with Crippen LogP contribution in [0.3, 0.4) is 0 Å². The number of para-hydroxylation sites is 1. The minimum absolute atomic E-state index is 0.0184. The molecule has 2 aliphatic heterocycles. The van der Waals surface area contributed by atoms with Crippen molar-refractivity contribution in [3.63, 3.8) is 0 Å². The second kappa shape index (κ2) is 7.11. The molecule has 1 fully saturated rings. The summed E-state index contributed by atoms with van der Waals surface area (Å²) in [6, 6.07) is 11.9. The van der Waals surface area contributed by atoms with Gasteiger partial charge in [0.2, 0.25) is 0 Å². The van der Waals surface area contributed by atoms with E-state index in [1.54, 1.807) is 11.8 Å². The van der Waals surface area contributed by atoms with Gasteiger partial charge in [0.05, 0.1) is 0 Å². The summed E-state index contributed by atoms with van der Waals surface area (Å²) >= 11 is 1.77. The van der Waals surface area contributed by atoms with Crippen molar-refractivity contribution in [2.75, 3.05) is 30.8 Å². The number of anilines is 1. The molecule has 2 heterocycles. The van der Waals surface area contributed by atoms with E-state index in [-0.39, 0.29) is 11.4 Å². The number of ether oxygens (including phenoxy) is 2. The third-order valence-corrected chi connectivity index (χ3v) is 5.98. The molecule has 0 saturated carbocycles. The number of thioether (sulfide) groups is 1. The lowest BCUT2D eigenvalue weighted by molar-refractivity contribution is 0.171. The Morgan fingerprint density at radius 1 is 1.12 bits per heavy atom. The maximum absolute atomic E-state index is 12.9. The SMILES string of the molecule is Cc1cccc(C)c1NC(=O)N1CCS[C@@H]1c1ccc2c(c1)OCCO2. The van der Waals surface area contributed by atoms with E-state index in [0.29, 0.717) is 13.2 Å². The predicted molar refractivity (Wildman–Crippen MR) is 104 cm³/mol. The van der Waals surface area contributed by atoms with Crippen LogP contribution in [-0.2, 0) is 0 Å². The maximum Gasteiger partial charge on any atom is 0.323 e. The Morgan fingerprint density at radius 2 is 1.85 bits per heavy atom. The molecule has 6 heteroatoms. The van der Waals surface area contributed by atoms with Gasteiger partial charge in [0.25, 0.3) is 0 Å². The summed E-state index contributed by atoms with van der Waals surface area (Å²) in [7, 11) is 0. The fraction of sp³-hybridized carbons (Fsp3) is 0.350. The van der Waals surface area contributed by atoms with Crippen molar-refractivity contribution in [1.29, 1.82) is 0 Å². The molecule has 2 aliphatic rings. The Labute approximate surface area is 157 Å². The highest BCUT2D eigenvalue weighted by Crippen LogP contribution is 2.42. The zero-order valence-electron chi connectivity index (χ0n) is 15.0. The fourth-order valence-electron chi connectivity index (χ4n) is 3.36. The molecule has 0 aromatic heterocycles. The number of benzene rings is 2. The number of nitrogens with zero attached hydrogens (tertiary/aromatic N) is 1. The summed E-state index contributed by atoms with van der Waals surface area (Å²) in [6.07, 6.45) is 0.